The minimum Gasteiger partial charge on any atom is -0.478 e. The van der Waals surface area contributed by atoms with E-state index in [0.29, 0.717) is 5.41 Å². The summed E-state index contributed by atoms with van der Waals surface area (Å²) in [6.45, 7) is 13.8. The van der Waals surface area contributed by atoms with Crippen molar-refractivity contribution in [2.45, 2.75) is 59.5 Å². The van der Waals surface area contributed by atoms with Crippen molar-refractivity contribution >= 4 is 11.9 Å². The van der Waals surface area contributed by atoms with Gasteiger partial charge in [0.05, 0.1) is 6.10 Å². The van der Waals surface area contributed by atoms with Crippen LogP contribution in [0.3, 0.4) is 0 Å². The van der Waals surface area contributed by atoms with Crippen LogP contribution in [-0.4, -0.2) is 33.4 Å². The number of hydrogen-bond donors (Lipinski definition) is 3. The van der Waals surface area contributed by atoms with E-state index in [1.54, 1.807) is 0 Å². The van der Waals surface area contributed by atoms with Crippen LogP contribution in [0.5, 0.6) is 0 Å². The number of aliphatic hydroxyl groups is 1. The Morgan fingerprint density at radius 2 is 1.19 bits per heavy atom. The first-order valence-electron chi connectivity index (χ1n) is 6.84. The molecule has 0 heterocycles. The lowest BCUT2D eigenvalue weighted by Crippen LogP contribution is -2.23. The summed E-state index contributed by atoms with van der Waals surface area (Å²) in [4.78, 5) is 19.2. The van der Waals surface area contributed by atoms with Gasteiger partial charge in [-0.05, 0) is 44.9 Å². The van der Waals surface area contributed by atoms with Gasteiger partial charge >= 0.3 is 11.9 Å². The van der Waals surface area contributed by atoms with Gasteiger partial charge in [0.15, 0.2) is 0 Å². The molecule has 3 N–H and O–H groups in total. The van der Waals surface area contributed by atoms with Gasteiger partial charge in [0.1, 0.15) is 0 Å². The van der Waals surface area contributed by atoms with Crippen LogP contribution in [0.4, 0.5) is 0 Å². The second-order valence-electron chi connectivity index (χ2n) is 6.07. The predicted octanol–water partition coefficient (Wildman–Crippen LogP) is 3.24. The van der Waals surface area contributed by atoms with E-state index in [9.17, 15) is 9.59 Å². The van der Waals surface area contributed by atoms with E-state index in [1.165, 1.54) is 26.7 Å². The van der Waals surface area contributed by atoms with Crippen LogP contribution in [0.1, 0.15) is 53.4 Å². The summed E-state index contributed by atoms with van der Waals surface area (Å²) in [5.74, 6) is -1.87. The Balaban J connectivity index is 0. The highest BCUT2D eigenvalue weighted by Gasteiger charge is 2.25. The molecule has 1 aliphatic carbocycles. The molecule has 1 aliphatic rings. The van der Waals surface area contributed by atoms with Crippen molar-refractivity contribution in [3.63, 3.8) is 0 Å². The fraction of sp³-hybridized carbons (Fsp3) is 0.625. The number of carboxylic acids is 2. The molecular weight excluding hydrogens is 272 g/mol. The Morgan fingerprint density at radius 1 is 0.952 bits per heavy atom. The molecule has 1 saturated carbocycles. The van der Waals surface area contributed by atoms with Crippen molar-refractivity contribution in [1.29, 1.82) is 0 Å². The van der Waals surface area contributed by atoms with Crippen LogP contribution in [0.15, 0.2) is 24.3 Å². The fourth-order valence-corrected chi connectivity index (χ4v) is 1.38. The van der Waals surface area contributed by atoms with Gasteiger partial charge in [0, 0.05) is 11.1 Å². The minimum atomic E-state index is -0.935. The summed E-state index contributed by atoms with van der Waals surface area (Å²) in [7, 11) is 0. The van der Waals surface area contributed by atoms with E-state index in [4.69, 9.17) is 15.3 Å². The zero-order valence-corrected chi connectivity index (χ0v) is 13.5. The van der Waals surface area contributed by atoms with Gasteiger partial charge in [-0.1, -0.05) is 27.0 Å². The number of rotatable bonds is 2. The van der Waals surface area contributed by atoms with Gasteiger partial charge < -0.3 is 15.3 Å². The second kappa shape index (κ2) is 10.2. The summed E-state index contributed by atoms with van der Waals surface area (Å²) in [6, 6.07) is 0. The zero-order chi connectivity index (χ0) is 17.2. The van der Waals surface area contributed by atoms with E-state index in [1.807, 2.05) is 0 Å². The Morgan fingerprint density at radius 3 is 1.33 bits per heavy atom. The van der Waals surface area contributed by atoms with Crippen LogP contribution in [0, 0.1) is 5.41 Å². The smallest absolute Gasteiger partial charge is 0.330 e. The molecule has 0 amide bonds. The number of carboxylic acid groups (broad SMARTS) is 2. The van der Waals surface area contributed by atoms with Gasteiger partial charge in [-0.15, -0.1) is 0 Å². The van der Waals surface area contributed by atoms with Crippen molar-refractivity contribution in [1.82, 2.24) is 0 Å². The van der Waals surface area contributed by atoms with Gasteiger partial charge in [-0.3, -0.25) is 0 Å². The summed E-state index contributed by atoms with van der Waals surface area (Å²) in [6.07, 6.45) is 4.39. The largest absolute Gasteiger partial charge is 0.478 e. The normalized spacial score (nSPS) is 16.4. The van der Waals surface area contributed by atoms with E-state index in [2.05, 4.69) is 27.0 Å². The van der Waals surface area contributed by atoms with E-state index >= 15 is 0 Å². The molecule has 0 aromatic carbocycles. The van der Waals surface area contributed by atoms with Gasteiger partial charge in [-0.2, -0.15) is 0 Å². The first-order valence-corrected chi connectivity index (χ1v) is 6.84. The van der Waals surface area contributed by atoms with E-state index < -0.39 is 11.9 Å². The molecule has 5 heteroatoms. The van der Waals surface area contributed by atoms with Crippen LogP contribution >= 0.6 is 0 Å². The molecule has 0 atom stereocenters. The van der Waals surface area contributed by atoms with Crippen molar-refractivity contribution < 1.29 is 24.9 Å². The van der Waals surface area contributed by atoms with E-state index in [0.717, 1.165) is 12.8 Å². The lowest BCUT2D eigenvalue weighted by atomic mass is 9.76. The predicted molar refractivity (Wildman–Crippen MR) is 83.2 cm³/mol. The average molecular weight is 300 g/mol. The van der Waals surface area contributed by atoms with E-state index in [-0.39, 0.29) is 17.3 Å². The molecule has 1 fully saturated rings. The quantitative estimate of drug-likeness (QED) is 0.680. The van der Waals surface area contributed by atoms with Crippen LogP contribution in [0.2, 0.25) is 0 Å². The third-order valence-corrected chi connectivity index (χ3v) is 3.04. The molecule has 21 heavy (non-hydrogen) atoms. The second-order valence-corrected chi connectivity index (χ2v) is 6.07. The first kappa shape index (κ1) is 21.7. The molecule has 0 aromatic heterocycles. The molecule has 122 valence electrons. The molecule has 0 unspecified atom stereocenters. The van der Waals surface area contributed by atoms with Crippen LogP contribution < -0.4 is 0 Å². The summed E-state index contributed by atoms with van der Waals surface area (Å²) >= 11 is 0. The molecule has 0 aromatic rings. The lowest BCUT2D eigenvalue weighted by Gasteiger charge is -2.31. The molecular formula is C16H28O5. The fourth-order valence-electron chi connectivity index (χ4n) is 1.38. The maximum atomic E-state index is 9.60. The maximum absolute atomic E-state index is 9.60. The molecule has 5 nitrogen and oxygen atoms in total. The van der Waals surface area contributed by atoms with Gasteiger partial charge in [0.2, 0.25) is 0 Å². The van der Waals surface area contributed by atoms with Crippen molar-refractivity contribution in [3.05, 3.63) is 24.3 Å². The van der Waals surface area contributed by atoms with Crippen molar-refractivity contribution in [2.24, 2.45) is 5.41 Å². The van der Waals surface area contributed by atoms with Crippen molar-refractivity contribution in [3.8, 4) is 0 Å². The topological polar surface area (TPSA) is 94.8 Å². The third kappa shape index (κ3) is 14.6. The number of carbonyl (C=O) groups is 2. The Bertz CT molecular complexity index is 324. The number of aliphatic hydroxyl groups excluding tert-OH is 1. The average Bonchev–Trinajstić information content (AvgIpc) is 2.34. The summed E-state index contributed by atoms with van der Waals surface area (Å²) < 4.78 is 0. The Labute approximate surface area is 127 Å². The number of aliphatic carboxylic acids is 2. The first-order chi connectivity index (χ1) is 9.39. The number of hydrogen-bond acceptors (Lipinski definition) is 3. The molecule has 0 saturated heterocycles. The van der Waals surface area contributed by atoms with Crippen LogP contribution in [0.25, 0.3) is 0 Å². The molecule has 0 spiro atoms. The summed E-state index contributed by atoms with van der Waals surface area (Å²) in [5.41, 5.74) is 0.851. The SMILES string of the molecule is C=C(C)C(=O)O.C=C(C)C(=O)O.CC1(C)CCC(O)CC1. The highest BCUT2D eigenvalue weighted by molar-refractivity contribution is 5.85. The minimum absolute atomic E-state index is 0.00183. The van der Waals surface area contributed by atoms with Crippen LogP contribution in [-0.2, 0) is 9.59 Å². The van der Waals surface area contributed by atoms with Crippen molar-refractivity contribution in [2.75, 3.05) is 0 Å². The zero-order valence-electron chi connectivity index (χ0n) is 13.5. The Kier molecular flexibility index (Phi) is 10.5. The molecule has 0 radical (unpaired) electrons. The third-order valence-electron chi connectivity index (χ3n) is 3.04. The lowest BCUT2D eigenvalue weighted by molar-refractivity contribution is -0.133. The molecule has 1 rings (SSSR count). The molecule has 0 aliphatic heterocycles. The monoisotopic (exact) mass is 300 g/mol. The molecule has 0 bridgehead atoms. The highest BCUT2D eigenvalue weighted by atomic mass is 16.4. The highest BCUT2D eigenvalue weighted by Crippen LogP contribution is 2.34. The maximum Gasteiger partial charge on any atom is 0.330 e. The van der Waals surface area contributed by atoms with Gasteiger partial charge in [-0.25, -0.2) is 9.59 Å². The standard InChI is InChI=1S/C8H16O.2C4H6O2/c1-8(2)5-3-7(9)4-6-8;2*1-3(2)4(5)6/h7,9H,3-6H2,1-2H3;2*1H2,2H3,(H,5,6). The summed E-state index contributed by atoms with van der Waals surface area (Å²) in [5, 5.41) is 24.9. The Hall–Kier alpha value is -1.62. The van der Waals surface area contributed by atoms with Gasteiger partial charge in [0.25, 0.3) is 0 Å².